The van der Waals surface area contributed by atoms with Crippen LogP contribution in [0.25, 0.3) is 0 Å². The summed E-state index contributed by atoms with van der Waals surface area (Å²) in [4.78, 5) is 15.5. The van der Waals surface area contributed by atoms with Gasteiger partial charge in [-0.2, -0.15) is 0 Å². The van der Waals surface area contributed by atoms with E-state index in [-0.39, 0.29) is 12.5 Å². The van der Waals surface area contributed by atoms with Gasteiger partial charge >= 0.3 is 0 Å². The zero-order valence-corrected chi connectivity index (χ0v) is 14.8. The molecule has 6 heteroatoms. The summed E-state index contributed by atoms with van der Waals surface area (Å²) in [6.45, 7) is 1.31. The molecular weight excluding hydrogens is 336 g/mol. The van der Waals surface area contributed by atoms with Crippen LogP contribution in [0.4, 0.5) is 5.69 Å². The molecule has 25 heavy (non-hydrogen) atoms. The first-order chi connectivity index (χ1) is 12.2. The van der Waals surface area contributed by atoms with E-state index in [1.54, 1.807) is 24.3 Å². The highest BCUT2D eigenvalue weighted by Crippen LogP contribution is 2.24. The molecular formula is C19H20N2O3S. The summed E-state index contributed by atoms with van der Waals surface area (Å²) in [5, 5.41) is 2.99. The molecule has 0 saturated heterocycles. The number of nitrogens with one attached hydrogen (secondary N) is 1. The number of carbonyl (C=O) groups excluding carboxylic acids is 1. The molecule has 0 unspecified atom stereocenters. The number of benzene rings is 1. The summed E-state index contributed by atoms with van der Waals surface area (Å²) >= 11 is 1.61. The smallest absolute Gasteiger partial charge is 0.238 e. The molecule has 0 saturated carbocycles. The lowest BCUT2D eigenvalue weighted by Gasteiger charge is -2.20. The van der Waals surface area contributed by atoms with Gasteiger partial charge < -0.3 is 14.2 Å². The molecule has 1 amide bonds. The lowest BCUT2D eigenvalue weighted by Crippen LogP contribution is -2.32. The Hall–Kier alpha value is -2.44. The van der Waals surface area contributed by atoms with Gasteiger partial charge in [0.2, 0.25) is 5.91 Å². The summed E-state index contributed by atoms with van der Waals surface area (Å²) < 4.78 is 10.8. The van der Waals surface area contributed by atoms with Crippen molar-refractivity contribution in [2.24, 2.45) is 0 Å². The van der Waals surface area contributed by atoms with Crippen LogP contribution < -0.4 is 5.32 Å². The van der Waals surface area contributed by atoms with Gasteiger partial charge in [0.15, 0.2) is 0 Å². The van der Waals surface area contributed by atoms with Crippen LogP contribution in [0.15, 0.2) is 74.8 Å². The maximum absolute atomic E-state index is 12.5. The van der Waals surface area contributed by atoms with Gasteiger partial charge in [0.05, 0.1) is 37.8 Å². The number of para-hydroxylation sites is 1. The highest BCUT2D eigenvalue weighted by Gasteiger charge is 2.15. The summed E-state index contributed by atoms with van der Waals surface area (Å²) in [5.74, 6) is 1.55. The van der Waals surface area contributed by atoms with Gasteiger partial charge in [-0.15, -0.1) is 11.8 Å². The Labute approximate surface area is 151 Å². The Morgan fingerprint density at radius 2 is 1.64 bits per heavy atom. The highest BCUT2D eigenvalue weighted by atomic mass is 32.2. The molecule has 0 aliphatic rings. The zero-order valence-electron chi connectivity index (χ0n) is 14.0. The van der Waals surface area contributed by atoms with Crippen LogP contribution in [0.2, 0.25) is 0 Å². The van der Waals surface area contributed by atoms with Crippen LogP contribution in [0.5, 0.6) is 0 Å². The van der Waals surface area contributed by atoms with Crippen molar-refractivity contribution < 1.29 is 13.6 Å². The van der Waals surface area contributed by atoms with E-state index in [2.05, 4.69) is 5.32 Å². The number of rotatable bonds is 8. The van der Waals surface area contributed by atoms with E-state index < -0.39 is 0 Å². The summed E-state index contributed by atoms with van der Waals surface area (Å²) in [6.07, 6.45) is 5.26. The Morgan fingerprint density at radius 1 is 1.00 bits per heavy atom. The molecule has 0 atom stereocenters. The van der Waals surface area contributed by atoms with E-state index in [1.165, 1.54) is 0 Å². The molecule has 0 bridgehead atoms. The van der Waals surface area contributed by atoms with Crippen molar-refractivity contribution in [2.75, 3.05) is 18.1 Å². The summed E-state index contributed by atoms with van der Waals surface area (Å²) in [5.41, 5.74) is 0.830. The molecule has 1 N–H and O–H groups in total. The third-order valence-electron chi connectivity index (χ3n) is 3.67. The first-order valence-corrected chi connectivity index (χ1v) is 9.17. The Kier molecular flexibility index (Phi) is 5.98. The Bertz CT molecular complexity index is 749. The quantitative estimate of drug-likeness (QED) is 0.612. The molecule has 0 spiro atoms. The van der Waals surface area contributed by atoms with Gasteiger partial charge in [-0.05, 0) is 42.7 Å². The number of hydrogen-bond acceptors (Lipinski definition) is 5. The van der Waals surface area contributed by atoms with Gasteiger partial charge in [-0.25, -0.2) is 0 Å². The van der Waals surface area contributed by atoms with Gasteiger partial charge in [-0.1, -0.05) is 12.1 Å². The lowest BCUT2D eigenvalue weighted by molar-refractivity contribution is -0.117. The topological polar surface area (TPSA) is 58.6 Å². The Balaban J connectivity index is 1.67. The predicted molar refractivity (Wildman–Crippen MR) is 98.4 cm³/mol. The normalized spacial score (nSPS) is 11.0. The van der Waals surface area contributed by atoms with E-state index in [9.17, 15) is 4.79 Å². The molecule has 3 rings (SSSR count). The van der Waals surface area contributed by atoms with Crippen molar-refractivity contribution in [1.82, 2.24) is 4.90 Å². The van der Waals surface area contributed by atoms with Crippen molar-refractivity contribution in [3.8, 4) is 0 Å². The molecule has 0 fully saturated rings. The van der Waals surface area contributed by atoms with E-state index >= 15 is 0 Å². The van der Waals surface area contributed by atoms with Crippen LogP contribution >= 0.6 is 11.8 Å². The first kappa shape index (κ1) is 17.4. The van der Waals surface area contributed by atoms with Crippen LogP contribution in [-0.2, 0) is 17.9 Å². The molecule has 2 aromatic heterocycles. The van der Waals surface area contributed by atoms with Gasteiger partial charge in [-0.3, -0.25) is 9.69 Å². The minimum absolute atomic E-state index is 0.0698. The molecule has 1 aromatic carbocycles. The third-order valence-corrected chi connectivity index (χ3v) is 4.46. The second-order valence-corrected chi connectivity index (χ2v) is 6.40. The molecule has 3 aromatic rings. The maximum Gasteiger partial charge on any atom is 0.238 e. The number of amides is 1. The van der Waals surface area contributed by atoms with Gasteiger partial charge in [0.1, 0.15) is 11.5 Å². The van der Waals surface area contributed by atoms with Crippen molar-refractivity contribution >= 4 is 23.4 Å². The van der Waals surface area contributed by atoms with Crippen molar-refractivity contribution in [2.45, 2.75) is 18.0 Å². The minimum atomic E-state index is -0.0698. The van der Waals surface area contributed by atoms with Crippen LogP contribution in [0.3, 0.4) is 0 Å². The maximum atomic E-state index is 12.5. The molecule has 0 aliphatic heterocycles. The third kappa shape index (κ3) is 5.01. The molecule has 0 aliphatic carbocycles. The van der Waals surface area contributed by atoms with Gasteiger partial charge in [0, 0.05) is 4.90 Å². The number of hydrogen-bond donors (Lipinski definition) is 1. The standard InChI is InChI=1S/C19H20N2O3S/c1-25-18-9-3-2-8-17(18)20-19(22)14-21(12-15-6-4-10-23-15)13-16-7-5-11-24-16/h2-11H,12-14H2,1H3,(H,20,22). The largest absolute Gasteiger partial charge is 0.468 e. The second kappa shape index (κ2) is 8.60. The number of nitrogens with zero attached hydrogens (tertiary/aromatic N) is 1. The molecule has 2 heterocycles. The van der Waals surface area contributed by atoms with Crippen LogP contribution in [0, 0.1) is 0 Å². The highest BCUT2D eigenvalue weighted by molar-refractivity contribution is 7.98. The van der Waals surface area contributed by atoms with Crippen LogP contribution in [-0.4, -0.2) is 23.6 Å². The number of furan rings is 2. The second-order valence-electron chi connectivity index (χ2n) is 5.55. The fraction of sp³-hybridized carbons (Fsp3) is 0.211. The average Bonchev–Trinajstić information content (AvgIpc) is 3.29. The monoisotopic (exact) mass is 356 g/mol. The fourth-order valence-electron chi connectivity index (χ4n) is 2.55. The number of anilines is 1. The van der Waals surface area contributed by atoms with E-state index in [1.807, 2.05) is 59.7 Å². The summed E-state index contributed by atoms with van der Waals surface area (Å²) in [7, 11) is 0. The fourth-order valence-corrected chi connectivity index (χ4v) is 3.11. The Morgan fingerprint density at radius 3 is 2.20 bits per heavy atom. The predicted octanol–water partition coefficient (Wildman–Crippen LogP) is 4.24. The molecule has 5 nitrogen and oxygen atoms in total. The first-order valence-electron chi connectivity index (χ1n) is 7.94. The lowest BCUT2D eigenvalue weighted by atomic mass is 10.3. The molecule has 130 valence electrons. The average molecular weight is 356 g/mol. The molecule has 0 radical (unpaired) electrons. The number of carbonyl (C=O) groups is 1. The van der Waals surface area contributed by atoms with Crippen molar-refractivity contribution in [3.63, 3.8) is 0 Å². The van der Waals surface area contributed by atoms with Gasteiger partial charge in [0.25, 0.3) is 0 Å². The van der Waals surface area contributed by atoms with E-state index in [4.69, 9.17) is 8.83 Å². The van der Waals surface area contributed by atoms with E-state index in [0.29, 0.717) is 13.1 Å². The van der Waals surface area contributed by atoms with E-state index in [0.717, 1.165) is 22.1 Å². The number of thioether (sulfide) groups is 1. The zero-order chi connectivity index (χ0) is 17.5. The summed E-state index contributed by atoms with van der Waals surface area (Å²) in [6, 6.07) is 15.3. The minimum Gasteiger partial charge on any atom is -0.468 e. The van der Waals surface area contributed by atoms with Crippen LogP contribution in [0.1, 0.15) is 11.5 Å². The van der Waals surface area contributed by atoms with Crippen molar-refractivity contribution in [1.29, 1.82) is 0 Å². The SMILES string of the molecule is CSc1ccccc1NC(=O)CN(Cc1ccco1)Cc1ccco1. The van der Waals surface area contributed by atoms with Crippen molar-refractivity contribution in [3.05, 3.63) is 72.6 Å².